The summed E-state index contributed by atoms with van der Waals surface area (Å²) < 4.78 is 3.26. The largest absolute Gasteiger partial charge is 0.360 e. The van der Waals surface area contributed by atoms with Crippen LogP contribution in [0.1, 0.15) is 11.1 Å². The normalized spacial score (nSPS) is 10.3. The van der Waals surface area contributed by atoms with E-state index in [2.05, 4.69) is 27.9 Å². The molecule has 1 heterocycles. The zero-order chi connectivity index (χ0) is 16.2. The van der Waals surface area contributed by atoms with Gasteiger partial charge >= 0.3 is 0 Å². The van der Waals surface area contributed by atoms with Gasteiger partial charge in [-0.1, -0.05) is 23.7 Å². The summed E-state index contributed by atoms with van der Waals surface area (Å²) >= 11 is 7.70. The van der Waals surface area contributed by atoms with Crippen molar-refractivity contribution in [3.63, 3.8) is 0 Å². The van der Waals surface area contributed by atoms with Crippen LogP contribution in [-0.4, -0.2) is 4.98 Å². The maximum absolute atomic E-state index is 8.80. The van der Waals surface area contributed by atoms with Gasteiger partial charge in [-0.25, -0.2) is 0 Å². The summed E-state index contributed by atoms with van der Waals surface area (Å²) in [6, 6.07) is 17.5. The van der Waals surface area contributed by atoms with E-state index < -0.39 is 0 Å². The molecule has 0 aliphatic rings. The molecule has 0 atom stereocenters. The lowest BCUT2D eigenvalue weighted by Crippen LogP contribution is -1.85. The van der Waals surface area contributed by atoms with Crippen LogP contribution in [0.5, 0.6) is 0 Å². The van der Waals surface area contributed by atoms with Gasteiger partial charge in [0.05, 0.1) is 11.6 Å². The van der Waals surface area contributed by atoms with Crippen molar-refractivity contribution >= 4 is 29.2 Å². The average molecular weight is 340 g/mol. The monoisotopic (exact) mass is 339 g/mol. The molecule has 114 valence electrons. The second-order valence-corrected chi connectivity index (χ2v) is 6.34. The number of benzene rings is 2. The number of aromatic amines is 1. The predicted molar refractivity (Wildman–Crippen MR) is 96.6 cm³/mol. The fraction of sp³-hybridized carbons (Fsp3) is 0.0556. The minimum Gasteiger partial charge on any atom is -0.360 e. The molecule has 1 aromatic heterocycles. The molecule has 0 saturated carbocycles. The number of hydrogen-bond donors (Lipinski definition) is 2. The molecule has 0 aliphatic carbocycles. The van der Waals surface area contributed by atoms with Crippen molar-refractivity contribution in [2.75, 3.05) is 4.72 Å². The second kappa shape index (κ2) is 6.82. The summed E-state index contributed by atoms with van der Waals surface area (Å²) in [5.74, 6) is 0. The van der Waals surface area contributed by atoms with E-state index in [0.717, 1.165) is 32.4 Å². The Bertz CT molecular complexity index is 863. The van der Waals surface area contributed by atoms with Crippen LogP contribution < -0.4 is 4.72 Å². The first-order chi connectivity index (χ1) is 11.2. The van der Waals surface area contributed by atoms with E-state index in [4.69, 9.17) is 16.9 Å². The Kier molecular flexibility index (Phi) is 4.61. The van der Waals surface area contributed by atoms with Crippen LogP contribution in [0.2, 0.25) is 5.02 Å². The lowest BCUT2D eigenvalue weighted by atomic mass is 10.1. The Hall–Kier alpha value is -2.35. The first-order valence-electron chi connectivity index (χ1n) is 7.04. The molecule has 0 aliphatic heterocycles. The third-order valence-electron chi connectivity index (χ3n) is 3.52. The Morgan fingerprint density at radius 3 is 2.70 bits per heavy atom. The molecule has 5 heteroatoms. The topological polar surface area (TPSA) is 51.6 Å². The SMILES string of the molecule is Cc1c(Cl)cccc1-c1cc(SNc2ccc(C#N)cc2)c[nH]1. The maximum Gasteiger partial charge on any atom is 0.0991 e. The Morgan fingerprint density at radius 2 is 1.96 bits per heavy atom. The average Bonchev–Trinajstić information content (AvgIpc) is 3.04. The summed E-state index contributed by atoms with van der Waals surface area (Å²) in [5, 5.41) is 9.57. The molecular formula is C18H14ClN3S. The van der Waals surface area contributed by atoms with Gasteiger partial charge in [0.15, 0.2) is 0 Å². The standard InChI is InChI=1S/C18H14ClN3S/c1-12-16(3-2-4-17(12)19)18-9-15(11-21-18)23-22-14-7-5-13(10-20)6-8-14/h2-9,11,21-22H,1H3. The van der Waals surface area contributed by atoms with Crippen molar-refractivity contribution in [1.82, 2.24) is 4.98 Å². The van der Waals surface area contributed by atoms with Gasteiger partial charge in [0.2, 0.25) is 0 Å². The molecular weight excluding hydrogens is 326 g/mol. The number of nitriles is 1. The number of halogens is 1. The Balaban J connectivity index is 1.72. The van der Waals surface area contributed by atoms with Crippen molar-refractivity contribution < 1.29 is 0 Å². The van der Waals surface area contributed by atoms with Gasteiger partial charge in [0, 0.05) is 33.1 Å². The van der Waals surface area contributed by atoms with Crippen LogP contribution in [0.3, 0.4) is 0 Å². The molecule has 3 nitrogen and oxygen atoms in total. The number of H-pyrrole nitrogens is 1. The minimum absolute atomic E-state index is 0.654. The first-order valence-corrected chi connectivity index (χ1v) is 8.24. The summed E-state index contributed by atoms with van der Waals surface area (Å²) in [5.41, 5.74) is 4.81. The van der Waals surface area contributed by atoms with Crippen molar-refractivity contribution in [2.24, 2.45) is 0 Å². The fourth-order valence-corrected chi connectivity index (χ4v) is 3.06. The molecule has 23 heavy (non-hydrogen) atoms. The van der Waals surface area contributed by atoms with Crippen molar-refractivity contribution in [3.05, 3.63) is 70.9 Å². The molecule has 0 saturated heterocycles. The number of rotatable bonds is 4. The van der Waals surface area contributed by atoms with Crippen LogP contribution >= 0.6 is 23.5 Å². The number of nitrogens with zero attached hydrogens (tertiary/aromatic N) is 1. The van der Waals surface area contributed by atoms with E-state index in [1.165, 1.54) is 11.9 Å². The quantitative estimate of drug-likeness (QED) is 0.605. The van der Waals surface area contributed by atoms with Gasteiger partial charge in [-0.15, -0.1) is 0 Å². The molecule has 2 aromatic carbocycles. The maximum atomic E-state index is 8.80. The molecule has 0 amide bonds. The van der Waals surface area contributed by atoms with E-state index >= 15 is 0 Å². The first kappa shape index (κ1) is 15.5. The Morgan fingerprint density at radius 1 is 1.17 bits per heavy atom. The third-order valence-corrected chi connectivity index (χ3v) is 4.73. The van der Waals surface area contributed by atoms with Gasteiger partial charge in [0.1, 0.15) is 0 Å². The Labute approximate surface area is 144 Å². The van der Waals surface area contributed by atoms with Crippen molar-refractivity contribution in [1.29, 1.82) is 5.26 Å². The zero-order valence-electron chi connectivity index (χ0n) is 12.4. The molecule has 2 N–H and O–H groups in total. The molecule has 3 rings (SSSR count). The predicted octanol–water partition coefficient (Wildman–Crippen LogP) is 5.63. The van der Waals surface area contributed by atoms with Gasteiger partial charge in [-0.05, 0) is 60.8 Å². The number of anilines is 1. The van der Waals surface area contributed by atoms with E-state index in [1.807, 2.05) is 37.4 Å². The zero-order valence-corrected chi connectivity index (χ0v) is 14.0. The summed E-state index contributed by atoms with van der Waals surface area (Å²) in [4.78, 5) is 4.35. The van der Waals surface area contributed by atoms with Gasteiger partial charge < -0.3 is 9.71 Å². The van der Waals surface area contributed by atoms with Crippen LogP contribution in [0.15, 0.2) is 59.6 Å². The summed E-state index contributed by atoms with van der Waals surface area (Å²) in [6.07, 6.45) is 1.96. The van der Waals surface area contributed by atoms with E-state index in [1.54, 1.807) is 12.1 Å². The summed E-state index contributed by atoms with van der Waals surface area (Å²) in [6.45, 7) is 2.01. The van der Waals surface area contributed by atoms with E-state index in [9.17, 15) is 0 Å². The fourth-order valence-electron chi connectivity index (χ4n) is 2.22. The molecule has 3 aromatic rings. The highest BCUT2D eigenvalue weighted by atomic mass is 35.5. The van der Waals surface area contributed by atoms with Crippen molar-refractivity contribution in [3.8, 4) is 17.3 Å². The molecule has 0 bridgehead atoms. The van der Waals surface area contributed by atoms with Crippen molar-refractivity contribution in [2.45, 2.75) is 11.8 Å². The molecule has 0 spiro atoms. The number of nitrogens with one attached hydrogen (secondary N) is 2. The molecule has 0 radical (unpaired) electrons. The lowest BCUT2D eigenvalue weighted by Gasteiger charge is -2.05. The van der Waals surface area contributed by atoms with E-state index in [-0.39, 0.29) is 0 Å². The molecule has 0 unspecified atom stereocenters. The summed E-state index contributed by atoms with van der Waals surface area (Å²) in [7, 11) is 0. The number of hydrogen-bond acceptors (Lipinski definition) is 3. The number of aromatic nitrogens is 1. The lowest BCUT2D eigenvalue weighted by molar-refractivity contribution is 1.35. The molecule has 0 fully saturated rings. The van der Waals surface area contributed by atoms with Gasteiger partial charge in [-0.3, -0.25) is 0 Å². The highest BCUT2D eigenvalue weighted by Gasteiger charge is 2.07. The van der Waals surface area contributed by atoms with E-state index in [0.29, 0.717) is 5.56 Å². The highest BCUT2D eigenvalue weighted by Crippen LogP contribution is 2.30. The van der Waals surface area contributed by atoms with Crippen LogP contribution in [0, 0.1) is 18.3 Å². The van der Waals surface area contributed by atoms with Gasteiger partial charge in [0.25, 0.3) is 0 Å². The van der Waals surface area contributed by atoms with Gasteiger partial charge in [-0.2, -0.15) is 5.26 Å². The third kappa shape index (κ3) is 3.53. The van der Waals surface area contributed by atoms with Crippen LogP contribution in [-0.2, 0) is 0 Å². The second-order valence-electron chi connectivity index (χ2n) is 5.05. The van der Waals surface area contributed by atoms with Crippen LogP contribution in [0.4, 0.5) is 5.69 Å². The minimum atomic E-state index is 0.654. The van der Waals surface area contributed by atoms with Crippen LogP contribution in [0.25, 0.3) is 11.3 Å². The highest BCUT2D eigenvalue weighted by molar-refractivity contribution is 8.00. The smallest absolute Gasteiger partial charge is 0.0991 e.